The summed E-state index contributed by atoms with van der Waals surface area (Å²) in [5.41, 5.74) is 5.51. The van der Waals surface area contributed by atoms with E-state index in [1.54, 1.807) is 0 Å². The van der Waals surface area contributed by atoms with Crippen molar-refractivity contribution >= 4 is 11.7 Å². The fourth-order valence-corrected chi connectivity index (χ4v) is 8.62. The summed E-state index contributed by atoms with van der Waals surface area (Å²) in [6, 6.07) is 27.1. The van der Waals surface area contributed by atoms with Gasteiger partial charge in [0.25, 0.3) is 0 Å². The Morgan fingerprint density at radius 3 is 2.12 bits per heavy atom. The summed E-state index contributed by atoms with van der Waals surface area (Å²) in [5, 5.41) is 0. The van der Waals surface area contributed by atoms with Gasteiger partial charge in [-0.25, -0.2) is 9.97 Å². The number of fused-ring (bicyclic) bond motifs is 2. The van der Waals surface area contributed by atoms with Crippen LogP contribution in [0.4, 0.5) is 0 Å². The SMILES string of the molecule is O=C(Cc1ccc2c(c1)OCO2)C1CCC[C@H]1c1ncc(-c2cccc(Oc3ccc(-c4cnc([C@@H]5CCCN5C(=O)Cc5ccc6c(c5)OCO6)[nH]4)cc3)c2)[nH]1. The van der Waals surface area contributed by atoms with Crippen molar-refractivity contribution in [2.45, 2.75) is 56.9 Å². The van der Waals surface area contributed by atoms with Gasteiger partial charge in [-0.05, 0) is 103 Å². The van der Waals surface area contributed by atoms with Gasteiger partial charge in [0.05, 0.1) is 36.2 Å². The van der Waals surface area contributed by atoms with Crippen LogP contribution in [0.5, 0.6) is 34.5 Å². The van der Waals surface area contributed by atoms with Crippen molar-refractivity contribution in [1.82, 2.24) is 24.8 Å². The molecule has 4 aliphatic rings. The van der Waals surface area contributed by atoms with Gasteiger partial charge < -0.3 is 38.6 Å². The molecule has 12 nitrogen and oxygen atoms in total. The first kappa shape index (κ1) is 34.9. The monoisotopic (exact) mass is 763 g/mol. The van der Waals surface area contributed by atoms with Crippen LogP contribution in [-0.4, -0.2) is 56.7 Å². The Morgan fingerprint density at radius 1 is 0.667 bits per heavy atom. The Bertz CT molecular complexity index is 2460. The summed E-state index contributed by atoms with van der Waals surface area (Å²) in [4.78, 5) is 45.3. The molecule has 5 heterocycles. The van der Waals surface area contributed by atoms with Gasteiger partial charge in [0.15, 0.2) is 23.0 Å². The minimum atomic E-state index is -0.101. The van der Waals surface area contributed by atoms with Crippen LogP contribution in [0, 0.1) is 5.92 Å². The van der Waals surface area contributed by atoms with E-state index in [0.29, 0.717) is 48.1 Å². The minimum absolute atomic E-state index is 0.0519. The number of carbonyl (C=O) groups excluding carboxylic acids is 2. The Balaban J connectivity index is 0.770. The number of rotatable bonds is 11. The highest BCUT2D eigenvalue weighted by atomic mass is 16.7. The van der Waals surface area contributed by atoms with E-state index in [9.17, 15) is 9.59 Å². The first-order valence-corrected chi connectivity index (χ1v) is 19.6. The standard InChI is InChI=1S/C45H41N5O7/c51-38(18-27-9-15-39-41(19-27)55-25-53-39)33-6-2-7-34(33)44-46-24-36(48-44)30-4-1-5-32(22-30)57-31-13-11-29(12-14-31)35-23-47-45(49-35)37-8-3-17-50(37)43(52)21-28-10-16-40-42(20-28)56-26-54-40/h1,4-5,9-16,19-20,22-24,33-34,37H,2-3,6-8,17-18,21,25-26H2,(H,46,48)(H,47,49)/t33?,34-,37+/m1/s1. The van der Waals surface area contributed by atoms with Crippen molar-refractivity contribution in [3.8, 4) is 57.0 Å². The Kier molecular flexibility index (Phi) is 9.08. The fourth-order valence-electron chi connectivity index (χ4n) is 8.62. The van der Waals surface area contributed by atoms with Gasteiger partial charge in [-0.2, -0.15) is 0 Å². The number of nitrogens with one attached hydrogen (secondary N) is 2. The van der Waals surface area contributed by atoms with E-state index in [1.807, 2.05) is 102 Å². The molecule has 0 spiro atoms. The lowest BCUT2D eigenvalue weighted by atomic mass is 9.88. The van der Waals surface area contributed by atoms with E-state index in [0.717, 1.165) is 83.1 Å². The van der Waals surface area contributed by atoms with E-state index < -0.39 is 0 Å². The molecule has 0 radical (unpaired) electrons. The number of benzene rings is 4. The maximum absolute atomic E-state index is 13.5. The zero-order valence-electron chi connectivity index (χ0n) is 31.2. The average molecular weight is 764 g/mol. The molecule has 10 rings (SSSR count). The van der Waals surface area contributed by atoms with Crippen molar-refractivity contribution < 1.29 is 33.3 Å². The summed E-state index contributed by atoms with van der Waals surface area (Å²) >= 11 is 0. The topological polar surface area (TPSA) is 141 Å². The molecule has 4 aromatic carbocycles. The molecule has 1 aliphatic carbocycles. The second kappa shape index (κ2) is 14.8. The molecule has 1 unspecified atom stereocenters. The molecule has 3 atom stereocenters. The van der Waals surface area contributed by atoms with E-state index in [2.05, 4.69) is 9.97 Å². The number of likely N-dealkylation sites (tertiary alicyclic amines) is 1. The van der Waals surface area contributed by atoms with Crippen molar-refractivity contribution in [2.24, 2.45) is 5.92 Å². The molecule has 1 saturated heterocycles. The maximum atomic E-state index is 13.5. The van der Waals surface area contributed by atoms with E-state index in [-0.39, 0.29) is 43.2 Å². The van der Waals surface area contributed by atoms with Crippen LogP contribution in [0.25, 0.3) is 22.5 Å². The van der Waals surface area contributed by atoms with Crippen LogP contribution >= 0.6 is 0 Å². The second-order valence-corrected chi connectivity index (χ2v) is 15.1. The molecule has 2 aromatic heterocycles. The number of nitrogens with zero attached hydrogens (tertiary/aromatic N) is 3. The number of amides is 1. The lowest BCUT2D eigenvalue weighted by Crippen LogP contribution is -2.32. The van der Waals surface area contributed by atoms with Crippen LogP contribution in [0.3, 0.4) is 0 Å². The molecule has 1 amide bonds. The van der Waals surface area contributed by atoms with Crippen molar-refractivity contribution in [3.63, 3.8) is 0 Å². The van der Waals surface area contributed by atoms with E-state index >= 15 is 0 Å². The zero-order valence-corrected chi connectivity index (χ0v) is 31.2. The largest absolute Gasteiger partial charge is 0.457 e. The van der Waals surface area contributed by atoms with Gasteiger partial charge in [-0.3, -0.25) is 9.59 Å². The van der Waals surface area contributed by atoms with Gasteiger partial charge in [-0.1, -0.05) is 30.7 Å². The smallest absolute Gasteiger partial charge is 0.231 e. The maximum Gasteiger partial charge on any atom is 0.231 e. The van der Waals surface area contributed by atoms with Crippen LogP contribution in [0.2, 0.25) is 0 Å². The molecule has 12 heteroatoms. The van der Waals surface area contributed by atoms with Crippen molar-refractivity contribution in [3.05, 3.63) is 120 Å². The predicted molar refractivity (Wildman–Crippen MR) is 209 cm³/mol. The number of aromatic nitrogens is 4. The van der Waals surface area contributed by atoms with E-state index in [4.69, 9.17) is 33.7 Å². The number of aromatic amines is 2. The molecule has 2 N–H and O–H groups in total. The second-order valence-electron chi connectivity index (χ2n) is 15.1. The van der Waals surface area contributed by atoms with Crippen LogP contribution in [-0.2, 0) is 22.4 Å². The number of hydrogen-bond donors (Lipinski definition) is 2. The zero-order chi connectivity index (χ0) is 38.3. The fraction of sp³-hybridized carbons (Fsp3) is 0.289. The quantitative estimate of drug-likeness (QED) is 0.133. The van der Waals surface area contributed by atoms with Crippen molar-refractivity contribution in [1.29, 1.82) is 0 Å². The first-order valence-electron chi connectivity index (χ1n) is 19.6. The molecular formula is C45H41N5O7. The molecule has 2 fully saturated rings. The highest BCUT2D eigenvalue weighted by Gasteiger charge is 2.36. The average Bonchev–Trinajstić information content (AvgIpc) is 4.09. The molecule has 288 valence electrons. The number of Topliss-reactive ketones (excluding diaryl/α,β-unsaturated/α-hetero) is 1. The van der Waals surface area contributed by atoms with Gasteiger partial charge in [-0.15, -0.1) is 0 Å². The lowest BCUT2D eigenvalue weighted by molar-refractivity contribution is -0.131. The third-order valence-electron chi connectivity index (χ3n) is 11.5. The molecular weight excluding hydrogens is 723 g/mol. The summed E-state index contributed by atoms with van der Waals surface area (Å²) in [5.74, 6) is 6.11. The van der Waals surface area contributed by atoms with E-state index in [1.165, 1.54) is 0 Å². The number of ketones is 1. The number of H-pyrrole nitrogens is 2. The van der Waals surface area contributed by atoms with Crippen LogP contribution in [0.1, 0.15) is 66.8 Å². The number of hydrogen-bond acceptors (Lipinski definition) is 9. The minimum Gasteiger partial charge on any atom is -0.457 e. The third-order valence-corrected chi connectivity index (χ3v) is 11.5. The van der Waals surface area contributed by atoms with Crippen LogP contribution in [0.15, 0.2) is 97.3 Å². The Hall–Kier alpha value is -6.56. The first-order chi connectivity index (χ1) is 28.0. The van der Waals surface area contributed by atoms with Crippen LogP contribution < -0.4 is 23.7 Å². The summed E-state index contributed by atoms with van der Waals surface area (Å²) in [6.07, 6.45) is 8.89. The predicted octanol–water partition coefficient (Wildman–Crippen LogP) is 8.32. The molecule has 0 bridgehead atoms. The molecule has 1 saturated carbocycles. The highest BCUT2D eigenvalue weighted by molar-refractivity contribution is 5.84. The Labute approximate surface area is 329 Å². The summed E-state index contributed by atoms with van der Waals surface area (Å²) in [6.45, 7) is 1.12. The number of carbonyl (C=O) groups is 2. The number of imidazole rings is 2. The normalized spacial score (nSPS) is 19.3. The lowest BCUT2D eigenvalue weighted by Gasteiger charge is -2.23. The molecule has 3 aliphatic heterocycles. The number of ether oxygens (including phenoxy) is 5. The highest BCUT2D eigenvalue weighted by Crippen LogP contribution is 2.41. The van der Waals surface area contributed by atoms with Gasteiger partial charge >= 0.3 is 0 Å². The molecule has 57 heavy (non-hydrogen) atoms. The van der Waals surface area contributed by atoms with Gasteiger partial charge in [0.2, 0.25) is 19.5 Å². The van der Waals surface area contributed by atoms with Gasteiger partial charge in [0, 0.05) is 30.4 Å². The van der Waals surface area contributed by atoms with Gasteiger partial charge in [0.1, 0.15) is 28.9 Å². The third kappa shape index (κ3) is 7.07. The Morgan fingerprint density at radius 2 is 1.35 bits per heavy atom. The molecule has 6 aromatic rings. The van der Waals surface area contributed by atoms with Crippen molar-refractivity contribution in [2.75, 3.05) is 20.1 Å². The summed E-state index contributed by atoms with van der Waals surface area (Å²) < 4.78 is 28.1. The summed E-state index contributed by atoms with van der Waals surface area (Å²) in [7, 11) is 0.